The van der Waals surface area contributed by atoms with Gasteiger partial charge in [-0.25, -0.2) is 4.98 Å². The second-order valence-electron chi connectivity index (χ2n) is 0.938. The molecule has 0 unspecified atom stereocenters. The van der Waals surface area contributed by atoms with Gasteiger partial charge in [0.05, 0.1) is 6.07 Å². The van der Waals surface area contributed by atoms with Crippen molar-refractivity contribution in [1.82, 2.24) is 9.97 Å². The van der Waals surface area contributed by atoms with Crippen molar-refractivity contribution in [3.8, 4) is 5.88 Å². The summed E-state index contributed by atoms with van der Waals surface area (Å²) in [5.41, 5.74) is 0. The van der Waals surface area contributed by atoms with Gasteiger partial charge in [0.15, 0.2) is 0 Å². The standard InChI is InChI=1S/C4H2N2O/c7-4-1-2-5-3-6-4/h2H,(H,5,6,7). The minimum absolute atomic E-state index is 0.171. The molecule has 0 aromatic carbocycles. The van der Waals surface area contributed by atoms with E-state index in [-0.39, 0.29) is 5.88 Å². The van der Waals surface area contributed by atoms with Crippen LogP contribution in [0.1, 0.15) is 0 Å². The predicted molar refractivity (Wildman–Crippen MR) is 21.4 cm³/mol. The molecule has 1 aromatic heterocycles. The van der Waals surface area contributed by atoms with E-state index in [0.29, 0.717) is 0 Å². The summed E-state index contributed by atoms with van der Waals surface area (Å²) in [5.74, 6) is -0.171. The molecule has 0 fully saturated rings. The van der Waals surface area contributed by atoms with Gasteiger partial charge in [0, 0.05) is 6.20 Å². The molecule has 0 aliphatic rings. The molecule has 0 saturated heterocycles. The lowest BCUT2D eigenvalue weighted by Gasteiger charge is -1.78. The fourth-order valence-electron chi connectivity index (χ4n) is 0.227. The first-order chi connectivity index (χ1) is 3.39. The summed E-state index contributed by atoms with van der Waals surface area (Å²) in [6.07, 6.45) is 3.47. The second kappa shape index (κ2) is 1.55. The van der Waals surface area contributed by atoms with Gasteiger partial charge >= 0.3 is 0 Å². The molecule has 0 amide bonds. The van der Waals surface area contributed by atoms with Crippen molar-refractivity contribution in [1.29, 1.82) is 0 Å². The van der Waals surface area contributed by atoms with Gasteiger partial charge in [0.1, 0.15) is 0 Å². The first kappa shape index (κ1) is 4.05. The summed E-state index contributed by atoms with van der Waals surface area (Å²) in [6.45, 7) is 0. The molecule has 0 aliphatic heterocycles. The van der Waals surface area contributed by atoms with Gasteiger partial charge in [-0.2, -0.15) is 4.98 Å². The van der Waals surface area contributed by atoms with E-state index in [0.717, 1.165) is 0 Å². The van der Waals surface area contributed by atoms with Gasteiger partial charge in [0.25, 0.3) is 0 Å². The maximum Gasteiger partial charge on any atom is 0.222 e. The first-order valence-electron chi connectivity index (χ1n) is 1.69. The Bertz CT molecular complexity index is 140. The fraction of sp³-hybridized carbons (Fsp3) is 0. The summed E-state index contributed by atoms with van der Waals surface area (Å²) in [7, 11) is 0. The number of aromatic nitrogens is 2. The minimum Gasteiger partial charge on any atom is -0.493 e. The maximum atomic E-state index is 8.39. The van der Waals surface area contributed by atoms with E-state index < -0.39 is 0 Å². The molecule has 0 spiro atoms. The molecule has 3 heteroatoms. The van der Waals surface area contributed by atoms with Crippen molar-refractivity contribution in [2.45, 2.75) is 0 Å². The van der Waals surface area contributed by atoms with Gasteiger partial charge in [-0.1, -0.05) is 0 Å². The van der Waals surface area contributed by atoms with Crippen molar-refractivity contribution in [3.63, 3.8) is 0 Å². The Kier molecular flexibility index (Phi) is 0.898. The molecule has 2 radical (unpaired) electrons. The van der Waals surface area contributed by atoms with E-state index in [9.17, 15) is 0 Å². The van der Waals surface area contributed by atoms with E-state index >= 15 is 0 Å². The average Bonchev–Trinajstić information content (AvgIpc) is 1.69. The SMILES string of the molecule is Oc1[c]cn[c]n1. The number of nitrogens with zero attached hydrogens (tertiary/aromatic N) is 2. The Morgan fingerprint density at radius 3 is 2.86 bits per heavy atom. The highest BCUT2D eigenvalue weighted by molar-refractivity contribution is 4.97. The third-order valence-electron chi connectivity index (χ3n) is 0.472. The lowest BCUT2D eigenvalue weighted by molar-refractivity contribution is 0.450. The highest BCUT2D eigenvalue weighted by atomic mass is 16.3. The van der Waals surface area contributed by atoms with Crippen LogP contribution in [0.3, 0.4) is 0 Å². The highest BCUT2D eigenvalue weighted by Crippen LogP contribution is 1.92. The predicted octanol–water partition coefficient (Wildman–Crippen LogP) is -0.217. The third-order valence-corrected chi connectivity index (χ3v) is 0.472. The average molecular weight is 94.1 g/mol. The van der Waals surface area contributed by atoms with Crippen LogP contribution >= 0.6 is 0 Å². The molecule has 1 rings (SSSR count). The van der Waals surface area contributed by atoms with Crippen LogP contribution in [0.25, 0.3) is 0 Å². The molecule has 1 N–H and O–H groups in total. The monoisotopic (exact) mass is 94.0 g/mol. The number of hydrogen-bond acceptors (Lipinski definition) is 3. The van der Waals surface area contributed by atoms with Crippen LogP contribution in [0.5, 0.6) is 5.88 Å². The number of aromatic hydroxyl groups is 1. The van der Waals surface area contributed by atoms with E-state index in [2.05, 4.69) is 22.4 Å². The van der Waals surface area contributed by atoms with Crippen LogP contribution < -0.4 is 0 Å². The molecule has 7 heavy (non-hydrogen) atoms. The topological polar surface area (TPSA) is 46.0 Å². The molecule has 1 aromatic rings. The number of hydrogen-bond donors (Lipinski definition) is 1. The van der Waals surface area contributed by atoms with Gasteiger partial charge in [-0.15, -0.1) is 0 Å². The van der Waals surface area contributed by atoms with Crippen molar-refractivity contribution in [2.24, 2.45) is 0 Å². The van der Waals surface area contributed by atoms with E-state index in [4.69, 9.17) is 5.11 Å². The van der Waals surface area contributed by atoms with Crippen LogP contribution in [-0.4, -0.2) is 15.1 Å². The molecule has 34 valence electrons. The molecule has 1 heterocycles. The largest absolute Gasteiger partial charge is 0.493 e. The first-order valence-corrected chi connectivity index (χ1v) is 1.69. The summed E-state index contributed by atoms with van der Waals surface area (Å²) in [6, 6.07) is 2.33. The van der Waals surface area contributed by atoms with Crippen LogP contribution in [0.4, 0.5) is 0 Å². The number of rotatable bonds is 0. The van der Waals surface area contributed by atoms with Gasteiger partial charge in [-0.3, -0.25) is 0 Å². The van der Waals surface area contributed by atoms with Crippen molar-refractivity contribution in [3.05, 3.63) is 18.6 Å². The van der Waals surface area contributed by atoms with Crippen LogP contribution in [0, 0.1) is 12.4 Å². The lowest BCUT2D eigenvalue weighted by Crippen LogP contribution is -1.73. The normalized spacial score (nSPS) is 8.57. The maximum absolute atomic E-state index is 8.39. The van der Waals surface area contributed by atoms with Crippen LogP contribution in [-0.2, 0) is 0 Å². The minimum atomic E-state index is -0.171. The Hall–Kier alpha value is -1.12. The third kappa shape index (κ3) is 0.855. The molecule has 0 atom stereocenters. The molecule has 3 nitrogen and oxygen atoms in total. The summed E-state index contributed by atoms with van der Waals surface area (Å²) in [5, 5.41) is 8.39. The van der Waals surface area contributed by atoms with E-state index in [1.165, 1.54) is 6.20 Å². The van der Waals surface area contributed by atoms with Crippen molar-refractivity contribution in [2.75, 3.05) is 0 Å². The summed E-state index contributed by atoms with van der Waals surface area (Å²) in [4.78, 5) is 6.64. The van der Waals surface area contributed by atoms with Gasteiger partial charge < -0.3 is 5.11 Å². The van der Waals surface area contributed by atoms with E-state index in [1.807, 2.05) is 0 Å². The fourth-order valence-corrected chi connectivity index (χ4v) is 0.227. The quantitative estimate of drug-likeness (QED) is 0.483. The van der Waals surface area contributed by atoms with E-state index in [1.54, 1.807) is 0 Å². The second-order valence-corrected chi connectivity index (χ2v) is 0.938. The van der Waals surface area contributed by atoms with Crippen molar-refractivity contribution >= 4 is 0 Å². The lowest BCUT2D eigenvalue weighted by atomic mass is 10.7. The summed E-state index contributed by atoms with van der Waals surface area (Å²) < 4.78 is 0. The zero-order chi connectivity index (χ0) is 5.11. The summed E-state index contributed by atoms with van der Waals surface area (Å²) >= 11 is 0. The molecule has 0 bridgehead atoms. The Morgan fingerprint density at radius 2 is 2.57 bits per heavy atom. The highest BCUT2D eigenvalue weighted by Gasteiger charge is 1.79. The Labute approximate surface area is 40.7 Å². The Balaban J connectivity index is 3.02. The van der Waals surface area contributed by atoms with Crippen LogP contribution in [0.15, 0.2) is 6.20 Å². The van der Waals surface area contributed by atoms with Crippen molar-refractivity contribution < 1.29 is 5.11 Å². The molecule has 0 aliphatic carbocycles. The van der Waals surface area contributed by atoms with Gasteiger partial charge in [-0.05, 0) is 0 Å². The molecule has 0 saturated carbocycles. The van der Waals surface area contributed by atoms with Gasteiger partial charge in [0.2, 0.25) is 12.2 Å². The smallest absolute Gasteiger partial charge is 0.222 e. The molecular weight excluding hydrogens is 92.1 g/mol. The molecular formula is C4H2N2O. The van der Waals surface area contributed by atoms with Crippen LogP contribution in [0.2, 0.25) is 0 Å². The zero-order valence-electron chi connectivity index (χ0n) is 3.42. The zero-order valence-corrected chi connectivity index (χ0v) is 3.42. The Morgan fingerprint density at radius 1 is 1.71 bits per heavy atom.